The Morgan fingerprint density at radius 2 is 1.76 bits per heavy atom. The van der Waals surface area contributed by atoms with Crippen LogP contribution in [-0.2, 0) is 4.79 Å². The number of aliphatic carboxylic acids is 1. The minimum Gasteiger partial charge on any atom is -0.481 e. The van der Waals surface area contributed by atoms with Crippen LogP contribution in [0, 0.1) is 46.3 Å². The van der Waals surface area contributed by atoms with Crippen molar-refractivity contribution in [1.29, 1.82) is 0 Å². The van der Waals surface area contributed by atoms with Crippen molar-refractivity contribution in [2.45, 2.75) is 96.9 Å². The van der Waals surface area contributed by atoms with Crippen LogP contribution in [0.25, 0.3) is 0 Å². The first-order valence-corrected chi connectivity index (χ1v) is 11.8. The molecule has 5 nitrogen and oxygen atoms in total. The van der Waals surface area contributed by atoms with Crippen molar-refractivity contribution < 1.29 is 25.2 Å². The maximum absolute atomic E-state index is 11.5. The molecular formula is C24H40O5. The highest BCUT2D eigenvalue weighted by Gasteiger charge is 2.65. The van der Waals surface area contributed by atoms with E-state index in [1.165, 1.54) is 0 Å². The molecule has 4 N–H and O–H groups in total. The zero-order valence-corrected chi connectivity index (χ0v) is 18.3. The number of aliphatic hydroxyl groups excluding tert-OH is 3. The van der Waals surface area contributed by atoms with Crippen molar-refractivity contribution in [3.63, 3.8) is 0 Å². The molecule has 0 aromatic heterocycles. The predicted molar refractivity (Wildman–Crippen MR) is 110 cm³/mol. The standard InChI is InChI=1S/C24H40O5/c1-13(4-7-21(28)29)16-5-6-17-22-18(12-20(27)24(16,17)3)23(2)9-8-15(25)10-14(23)11-19(22)26/h13-20,22,25-27H,4-12H2,1-3H3,(H,28,29)/t13?,14?,15-,16-,17+,18+,19-,20+,22?,23+,24-/m1/s1. The Bertz CT molecular complexity index is 637. The Hall–Kier alpha value is -0.650. The minimum atomic E-state index is -0.748. The van der Waals surface area contributed by atoms with E-state index in [1.807, 2.05) is 0 Å². The van der Waals surface area contributed by atoms with E-state index in [4.69, 9.17) is 5.11 Å². The molecule has 29 heavy (non-hydrogen) atoms. The fourth-order valence-corrected chi connectivity index (χ4v) is 8.68. The summed E-state index contributed by atoms with van der Waals surface area (Å²) in [6.45, 7) is 6.72. The summed E-state index contributed by atoms with van der Waals surface area (Å²) >= 11 is 0. The molecule has 3 unspecified atom stereocenters. The highest BCUT2D eigenvalue weighted by molar-refractivity contribution is 5.66. The molecule has 4 aliphatic rings. The van der Waals surface area contributed by atoms with E-state index in [1.54, 1.807) is 0 Å². The van der Waals surface area contributed by atoms with Crippen molar-refractivity contribution in [1.82, 2.24) is 0 Å². The molecule has 0 aromatic carbocycles. The summed E-state index contributed by atoms with van der Waals surface area (Å²) in [6, 6.07) is 0. The maximum Gasteiger partial charge on any atom is 0.303 e. The number of aliphatic hydroxyl groups is 3. The van der Waals surface area contributed by atoms with Gasteiger partial charge in [-0.2, -0.15) is 0 Å². The Morgan fingerprint density at radius 1 is 1.03 bits per heavy atom. The monoisotopic (exact) mass is 408 g/mol. The highest BCUT2D eigenvalue weighted by atomic mass is 16.4. The summed E-state index contributed by atoms with van der Waals surface area (Å²) in [5.41, 5.74) is -0.143. The molecule has 4 rings (SSSR count). The number of carbonyl (C=O) groups is 1. The molecule has 0 aromatic rings. The van der Waals surface area contributed by atoms with E-state index in [-0.39, 0.29) is 41.3 Å². The first kappa shape index (κ1) is 21.6. The van der Waals surface area contributed by atoms with Crippen LogP contribution in [0.15, 0.2) is 0 Å². The van der Waals surface area contributed by atoms with E-state index in [2.05, 4.69) is 20.8 Å². The Balaban J connectivity index is 1.61. The van der Waals surface area contributed by atoms with E-state index in [9.17, 15) is 20.1 Å². The van der Waals surface area contributed by atoms with E-state index in [0.29, 0.717) is 30.1 Å². The molecule has 11 atom stereocenters. The van der Waals surface area contributed by atoms with Crippen LogP contribution in [0.3, 0.4) is 0 Å². The quantitative estimate of drug-likeness (QED) is 0.571. The van der Waals surface area contributed by atoms with Gasteiger partial charge in [-0.1, -0.05) is 20.8 Å². The summed E-state index contributed by atoms with van der Waals surface area (Å²) in [5, 5.41) is 42.0. The van der Waals surface area contributed by atoms with Crippen LogP contribution in [0.2, 0.25) is 0 Å². The van der Waals surface area contributed by atoms with Gasteiger partial charge in [-0.15, -0.1) is 0 Å². The van der Waals surface area contributed by atoms with Crippen molar-refractivity contribution in [2.75, 3.05) is 0 Å². The van der Waals surface area contributed by atoms with Gasteiger partial charge in [-0.05, 0) is 97.7 Å². The second kappa shape index (κ2) is 7.49. The lowest BCUT2D eigenvalue weighted by molar-refractivity contribution is -0.207. The van der Waals surface area contributed by atoms with Crippen LogP contribution >= 0.6 is 0 Å². The van der Waals surface area contributed by atoms with Crippen molar-refractivity contribution in [2.24, 2.45) is 46.3 Å². The number of carboxylic acid groups (broad SMARTS) is 1. The predicted octanol–water partition coefficient (Wildman–Crippen LogP) is 3.45. The molecule has 0 aliphatic heterocycles. The van der Waals surface area contributed by atoms with E-state index in [0.717, 1.165) is 44.9 Å². The zero-order valence-electron chi connectivity index (χ0n) is 18.3. The molecule has 0 spiro atoms. The lowest BCUT2D eigenvalue weighted by atomic mass is 9.43. The van der Waals surface area contributed by atoms with Gasteiger partial charge in [-0.25, -0.2) is 0 Å². The first-order chi connectivity index (χ1) is 13.6. The van der Waals surface area contributed by atoms with Crippen LogP contribution in [0.5, 0.6) is 0 Å². The largest absolute Gasteiger partial charge is 0.481 e. The molecule has 4 aliphatic carbocycles. The summed E-state index contributed by atoms with van der Waals surface area (Å²) in [5.74, 6) is 0.997. The fourth-order valence-electron chi connectivity index (χ4n) is 8.68. The SMILES string of the molecule is CC(CCC(=O)O)[C@H]1CC[C@H]2C3[C@H](O)CC4C[C@H](O)CC[C@]4(C)[C@H]3C[C@H](O)[C@]12C. The van der Waals surface area contributed by atoms with E-state index < -0.39 is 12.1 Å². The van der Waals surface area contributed by atoms with Gasteiger partial charge < -0.3 is 20.4 Å². The molecule has 0 heterocycles. The zero-order chi connectivity index (χ0) is 21.1. The maximum atomic E-state index is 11.5. The van der Waals surface area contributed by atoms with Crippen LogP contribution in [0.1, 0.15) is 78.6 Å². The van der Waals surface area contributed by atoms with Crippen molar-refractivity contribution in [3.05, 3.63) is 0 Å². The summed E-state index contributed by atoms with van der Waals surface area (Å²) in [7, 11) is 0. The third kappa shape index (κ3) is 3.27. The molecule has 0 amide bonds. The van der Waals surface area contributed by atoms with Crippen molar-refractivity contribution in [3.8, 4) is 0 Å². The van der Waals surface area contributed by atoms with Gasteiger partial charge in [0.15, 0.2) is 0 Å². The normalized spacial score (nSPS) is 52.9. The van der Waals surface area contributed by atoms with Crippen LogP contribution in [-0.4, -0.2) is 44.7 Å². The number of carboxylic acids is 1. The van der Waals surface area contributed by atoms with Gasteiger partial charge in [-0.3, -0.25) is 4.79 Å². The van der Waals surface area contributed by atoms with Crippen LogP contribution in [0.4, 0.5) is 0 Å². The number of hydrogen-bond donors (Lipinski definition) is 4. The first-order valence-electron chi connectivity index (χ1n) is 11.8. The van der Waals surface area contributed by atoms with Gasteiger partial charge in [0.05, 0.1) is 18.3 Å². The number of hydrogen-bond acceptors (Lipinski definition) is 4. The minimum absolute atomic E-state index is 0.0957. The third-order valence-electron chi connectivity index (χ3n) is 10.3. The molecule has 0 bridgehead atoms. The van der Waals surface area contributed by atoms with E-state index >= 15 is 0 Å². The second-order valence-corrected chi connectivity index (χ2v) is 11.4. The molecule has 4 fully saturated rings. The lowest BCUT2D eigenvalue weighted by Crippen LogP contribution is -2.62. The van der Waals surface area contributed by atoms with Gasteiger partial charge >= 0.3 is 5.97 Å². The molecule has 0 saturated heterocycles. The third-order valence-corrected chi connectivity index (χ3v) is 10.3. The summed E-state index contributed by atoms with van der Waals surface area (Å²) < 4.78 is 0. The van der Waals surface area contributed by atoms with Gasteiger partial charge in [0.1, 0.15) is 0 Å². The second-order valence-electron chi connectivity index (χ2n) is 11.4. The fraction of sp³-hybridized carbons (Fsp3) is 0.958. The van der Waals surface area contributed by atoms with Gasteiger partial charge in [0.2, 0.25) is 0 Å². The average molecular weight is 409 g/mol. The molecular weight excluding hydrogens is 368 g/mol. The average Bonchev–Trinajstić information content (AvgIpc) is 3.01. The van der Waals surface area contributed by atoms with Crippen molar-refractivity contribution >= 4 is 5.97 Å². The Kier molecular flexibility index (Phi) is 5.57. The summed E-state index contributed by atoms with van der Waals surface area (Å²) in [4.78, 5) is 11.1. The topological polar surface area (TPSA) is 98.0 Å². The Labute approximate surface area is 174 Å². The highest BCUT2D eigenvalue weighted by Crippen LogP contribution is 2.68. The molecule has 5 heteroatoms. The molecule has 4 saturated carbocycles. The lowest BCUT2D eigenvalue weighted by Gasteiger charge is -2.63. The number of rotatable bonds is 4. The summed E-state index contributed by atoms with van der Waals surface area (Å²) in [6.07, 6.45) is 6.00. The Morgan fingerprint density at radius 3 is 2.45 bits per heavy atom. The van der Waals surface area contributed by atoms with Gasteiger partial charge in [0, 0.05) is 6.42 Å². The smallest absolute Gasteiger partial charge is 0.303 e. The molecule has 166 valence electrons. The number of fused-ring (bicyclic) bond motifs is 5. The van der Waals surface area contributed by atoms with Crippen LogP contribution < -0.4 is 0 Å². The van der Waals surface area contributed by atoms with Gasteiger partial charge in [0.25, 0.3) is 0 Å². The molecule has 0 radical (unpaired) electrons.